The molecule has 0 saturated carbocycles. The first kappa shape index (κ1) is 14.8. The topological polar surface area (TPSA) is 72.9 Å². The van der Waals surface area contributed by atoms with Gasteiger partial charge in [0.15, 0.2) is 0 Å². The first-order chi connectivity index (χ1) is 9.90. The van der Waals surface area contributed by atoms with Gasteiger partial charge in [0.25, 0.3) is 0 Å². The second-order valence-electron chi connectivity index (χ2n) is 6.90. The number of hydrogen-bond donors (Lipinski definition) is 2. The van der Waals surface area contributed by atoms with Crippen LogP contribution < -0.4 is 5.32 Å². The first-order valence-electron chi connectivity index (χ1n) is 7.89. The van der Waals surface area contributed by atoms with E-state index in [0.29, 0.717) is 12.1 Å². The van der Waals surface area contributed by atoms with Gasteiger partial charge in [0.2, 0.25) is 11.8 Å². The highest BCUT2D eigenvalue weighted by molar-refractivity contribution is 5.90. The molecule has 6 atom stereocenters. The van der Waals surface area contributed by atoms with Crippen LogP contribution in [0.15, 0.2) is 0 Å². The van der Waals surface area contributed by atoms with Gasteiger partial charge in [0.05, 0.1) is 24.0 Å². The summed E-state index contributed by atoms with van der Waals surface area (Å²) in [4.78, 5) is 28.7. The average Bonchev–Trinajstić information content (AvgIpc) is 2.42. The Morgan fingerprint density at radius 1 is 1.29 bits per heavy atom. The third-order valence-corrected chi connectivity index (χ3v) is 5.53. The monoisotopic (exact) mass is 295 g/mol. The van der Waals surface area contributed by atoms with E-state index in [-0.39, 0.29) is 23.8 Å². The molecule has 4 rings (SSSR count). The molecule has 0 aromatic carbocycles. The number of carbonyl (C=O) groups is 2. The van der Waals surface area contributed by atoms with Gasteiger partial charge < -0.3 is 15.3 Å². The Morgan fingerprint density at radius 3 is 2.43 bits per heavy atom. The Kier molecular flexibility index (Phi) is 3.69. The molecule has 4 saturated heterocycles. The lowest BCUT2D eigenvalue weighted by Gasteiger charge is -2.52. The highest BCUT2D eigenvalue weighted by Gasteiger charge is 2.49. The third kappa shape index (κ3) is 2.34. The lowest BCUT2D eigenvalue weighted by Crippen LogP contribution is -2.69. The SMILES string of the molecule is C[C@@H](O)[C@H]1C(=O)N[C@@H]1[C@@H](C)C(=O)N1C[C@H]2CCC1CN2C. The maximum absolute atomic E-state index is 12.8. The summed E-state index contributed by atoms with van der Waals surface area (Å²) in [6.45, 7) is 5.23. The Balaban J connectivity index is 1.67. The van der Waals surface area contributed by atoms with Crippen LogP contribution in [0.3, 0.4) is 0 Å². The van der Waals surface area contributed by atoms with Crippen LogP contribution >= 0.6 is 0 Å². The molecule has 2 amide bonds. The van der Waals surface area contributed by atoms with Crippen LogP contribution in [0.25, 0.3) is 0 Å². The molecule has 4 fully saturated rings. The fraction of sp³-hybridized carbons (Fsp3) is 0.867. The number of fused-ring (bicyclic) bond motifs is 3. The molecule has 4 heterocycles. The van der Waals surface area contributed by atoms with Crippen molar-refractivity contribution in [3.63, 3.8) is 0 Å². The number of nitrogens with zero attached hydrogens (tertiary/aromatic N) is 2. The Morgan fingerprint density at radius 2 is 1.95 bits per heavy atom. The number of amides is 2. The molecule has 2 N–H and O–H groups in total. The van der Waals surface area contributed by atoms with Crippen LogP contribution in [0.4, 0.5) is 0 Å². The molecular formula is C15H25N3O3. The quantitative estimate of drug-likeness (QED) is 0.684. The summed E-state index contributed by atoms with van der Waals surface area (Å²) in [5.41, 5.74) is 0. The molecule has 4 aliphatic heterocycles. The molecule has 2 bridgehead atoms. The zero-order chi connectivity index (χ0) is 15.3. The number of hydrogen-bond acceptors (Lipinski definition) is 4. The predicted octanol–water partition coefficient (Wildman–Crippen LogP) is -0.577. The van der Waals surface area contributed by atoms with Crippen molar-refractivity contribution >= 4 is 11.8 Å². The summed E-state index contributed by atoms with van der Waals surface area (Å²) >= 11 is 0. The zero-order valence-corrected chi connectivity index (χ0v) is 13.0. The van der Waals surface area contributed by atoms with Gasteiger partial charge in [0, 0.05) is 25.2 Å². The van der Waals surface area contributed by atoms with E-state index in [9.17, 15) is 14.7 Å². The van der Waals surface area contributed by atoms with Crippen molar-refractivity contribution in [2.24, 2.45) is 11.8 Å². The summed E-state index contributed by atoms with van der Waals surface area (Å²) in [6.07, 6.45) is 1.53. The number of piperazine rings is 1. The highest BCUT2D eigenvalue weighted by atomic mass is 16.3. The van der Waals surface area contributed by atoms with Crippen molar-refractivity contribution in [2.75, 3.05) is 20.1 Å². The van der Waals surface area contributed by atoms with Crippen molar-refractivity contribution in [2.45, 2.75) is 50.9 Å². The Labute approximate surface area is 125 Å². The third-order valence-electron chi connectivity index (χ3n) is 5.53. The first-order valence-corrected chi connectivity index (χ1v) is 7.89. The van der Waals surface area contributed by atoms with Crippen LogP contribution in [0.2, 0.25) is 0 Å². The van der Waals surface area contributed by atoms with Crippen LogP contribution in [-0.2, 0) is 9.59 Å². The molecule has 1 unspecified atom stereocenters. The van der Waals surface area contributed by atoms with Gasteiger partial charge in [-0.05, 0) is 26.8 Å². The second-order valence-corrected chi connectivity index (χ2v) is 6.90. The Hall–Kier alpha value is -1.14. The number of nitrogens with one attached hydrogen (secondary N) is 1. The summed E-state index contributed by atoms with van der Waals surface area (Å²) < 4.78 is 0. The van der Waals surface area contributed by atoms with E-state index in [1.54, 1.807) is 6.92 Å². The summed E-state index contributed by atoms with van der Waals surface area (Å²) in [6, 6.07) is 0.536. The number of rotatable bonds is 3. The highest BCUT2D eigenvalue weighted by Crippen LogP contribution is 2.32. The molecule has 6 nitrogen and oxygen atoms in total. The van der Waals surface area contributed by atoms with Crippen LogP contribution in [-0.4, -0.2) is 71.1 Å². The van der Waals surface area contributed by atoms with Gasteiger partial charge in [-0.1, -0.05) is 6.92 Å². The average molecular weight is 295 g/mol. The van der Waals surface area contributed by atoms with Crippen molar-refractivity contribution in [1.29, 1.82) is 0 Å². The second kappa shape index (κ2) is 5.25. The number of aliphatic hydroxyl groups is 1. The van der Waals surface area contributed by atoms with Crippen molar-refractivity contribution in [3.8, 4) is 0 Å². The van der Waals surface area contributed by atoms with E-state index >= 15 is 0 Å². The number of carbonyl (C=O) groups excluding carboxylic acids is 2. The van der Waals surface area contributed by atoms with Gasteiger partial charge in [-0.3, -0.25) is 14.5 Å². The van der Waals surface area contributed by atoms with Gasteiger partial charge in [-0.15, -0.1) is 0 Å². The lowest BCUT2D eigenvalue weighted by molar-refractivity contribution is -0.153. The number of aliphatic hydroxyl groups excluding tert-OH is 1. The molecule has 0 aromatic rings. The Bertz CT molecular complexity index is 453. The van der Waals surface area contributed by atoms with Gasteiger partial charge >= 0.3 is 0 Å². The van der Waals surface area contributed by atoms with Crippen molar-refractivity contribution < 1.29 is 14.7 Å². The van der Waals surface area contributed by atoms with E-state index in [1.165, 1.54) is 0 Å². The van der Waals surface area contributed by atoms with Crippen LogP contribution in [0.5, 0.6) is 0 Å². The molecule has 0 aromatic heterocycles. The standard InChI is InChI=1S/C15H25N3O3/c1-8(13-12(9(2)19)14(20)16-13)15(21)18-7-10-4-5-11(18)6-17(10)3/h8-13,19H,4-7H2,1-3H3,(H,16,20)/t8-,9-,10-,11?,12-,13-/m1/s1. The van der Waals surface area contributed by atoms with Gasteiger partial charge in [0.1, 0.15) is 0 Å². The van der Waals surface area contributed by atoms with Gasteiger partial charge in [-0.2, -0.15) is 0 Å². The normalized spacial score (nSPS) is 38.7. The molecule has 0 radical (unpaired) electrons. The minimum absolute atomic E-state index is 0.119. The molecule has 6 heteroatoms. The predicted molar refractivity (Wildman–Crippen MR) is 77.4 cm³/mol. The fourth-order valence-corrected chi connectivity index (χ4v) is 4.10. The van der Waals surface area contributed by atoms with Crippen molar-refractivity contribution in [3.05, 3.63) is 0 Å². The van der Waals surface area contributed by atoms with E-state index in [1.807, 2.05) is 11.8 Å². The fourth-order valence-electron chi connectivity index (χ4n) is 4.10. The van der Waals surface area contributed by atoms with Gasteiger partial charge in [-0.25, -0.2) is 0 Å². The number of piperidine rings is 2. The molecule has 0 aliphatic carbocycles. The lowest BCUT2D eigenvalue weighted by atomic mass is 9.77. The summed E-state index contributed by atoms with van der Waals surface area (Å²) in [7, 11) is 2.12. The molecule has 21 heavy (non-hydrogen) atoms. The van der Waals surface area contributed by atoms with Crippen molar-refractivity contribution in [1.82, 2.24) is 15.1 Å². The van der Waals surface area contributed by atoms with E-state index in [2.05, 4.69) is 17.3 Å². The largest absolute Gasteiger partial charge is 0.393 e. The van der Waals surface area contributed by atoms with Crippen LogP contribution in [0, 0.1) is 11.8 Å². The summed E-state index contributed by atoms with van der Waals surface area (Å²) in [5.74, 6) is -0.747. The number of likely N-dealkylation sites (N-methyl/N-ethyl adjacent to an activating group) is 1. The summed E-state index contributed by atoms with van der Waals surface area (Å²) in [5, 5.41) is 12.5. The number of β-lactam (4-membered cyclic amide) rings is 1. The van der Waals surface area contributed by atoms with E-state index in [4.69, 9.17) is 0 Å². The molecular weight excluding hydrogens is 270 g/mol. The minimum Gasteiger partial charge on any atom is -0.393 e. The van der Waals surface area contributed by atoms with E-state index in [0.717, 1.165) is 25.9 Å². The maximum Gasteiger partial charge on any atom is 0.228 e. The zero-order valence-electron chi connectivity index (χ0n) is 13.0. The molecule has 0 spiro atoms. The van der Waals surface area contributed by atoms with E-state index < -0.39 is 12.0 Å². The maximum atomic E-state index is 12.8. The molecule has 118 valence electrons. The molecule has 4 aliphatic rings. The van der Waals surface area contributed by atoms with Crippen LogP contribution in [0.1, 0.15) is 26.7 Å². The minimum atomic E-state index is -0.706. The smallest absolute Gasteiger partial charge is 0.228 e.